The van der Waals surface area contributed by atoms with Crippen molar-refractivity contribution in [3.8, 4) is 11.8 Å². The maximum Gasteiger partial charge on any atom is 0.359 e. The molecular formula is C13H13NO4. The lowest BCUT2D eigenvalue weighted by Gasteiger charge is -2.08. The average Bonchev–Trinajstić information content (AvgIpc) is 2.98. The monoisotopic (exact) mass is 247 g/mol. The summed E-state index contributed by atoms with van der Waals surface area (Å²) in [7, 11) is 0. The Labute approximate surface area is 104 Å². The number of rotatable bonds is 2. The first-order valence-corrected chi connectivity index (χ1v) is 5.73. The van der Waals surface area contributed by atoms with E-state index < -0.39 is 5.97 Å². The third-order valence-electron chi connectivity index (χ3n) is 3.50. The summed E-state index contributed by atoms with van der Waals surface area (Å²) in [4.78, 5) is 16.4. The quantitative estimate of drug-likeness (QED) is 0.614. The van der Waals surface area contributed by atoms with Crippen molar-refractivity contribution in [2.24, 2.45) is 0 Å². The Bertz CT molecular complexity index is 561. The van der Waals surface area contributed by atoms with Gasteiger partial charge in [-0.3, -0.25) is 0 Å². The number of nitrogens with zero attached hydrogens (tertiary/aromatic N) is 1. The molecule has 0 spiro atoms. The molecule has 5 heteroatoms. The number of allylic oxidation sites excluding steroid dienone is 2. The van der Waals surface area contributed by atoms with Crippen molar-refractivity contribution in [1.82, 2.24) is 4.73 Å². The van der Waals surface area contributed by atoms with Crippen molar-refractivity contribution in [3.63, 3.8) is 0 Å². The van der Waals surface area contributed by atoms with E-state index in [2.05, 4.69) is 6.58 Å². The molecule has 2 bridgehead atoms. The van der Waals surface area contributed by atoms with Crippen LogP contribution in [0.5, 0.6) is 11.8 Å². The van der Waals surface area contributed by atoms with Crippen LogP contribution in [0.3, 0.4) is 0 Å². The van der Waals surface area contributed by atoms with E-state index in [1.807, 2.05) is 12.2 Å². The molecule has 3 rings (SSSR count). The highest BCUT2D eigenvalue weighted by atomic mass is 16.7. The van der Waals surface area contributed by atoms with E-state index in [-0.39, 0.29) is 29.2 Å². The van der Waals surface area contributed by atoms with Crippen LogP contribution in [-0.4, -0.2) is 20.9 Å². The Kier molecular flexibility index (Phi) is 2.08. The van der Waals surface area contributed by atoms with E-state index in [0.717, 1.165) is 11.2 Å². The maximum absolute atomic E-state index is 11.4. The number of hydrogen-bond acceptors (Lipinski definition) is 4. The first kappa shape index (κ1) is 11.0. The van der Waals surface area contributed by atoms with Crippen LogP contribution in [0, 0.1) is 0 Å². The summed E-state index contributed by atoms with van der Waals surface area (Å²) >= 11 is 0. The Balaban J connectivity index is 2.04. The lowest BCUT2D eigenvalue weighted by molar-refractivity contribution is -0.140. The number of carbonyl (C=O) groups is 1. The van der Waals surface area contributed by atoms with E-state index in [1.54, 1.807) is 0 Å². The zero-order valence-corrected chi connectivity index (χ0v) is 9.88. The molecule has 2 atom stereocenters. The average molecular weight is 247 g/mol. The second-order valence-corrected chi connectivity index (χ2v) is 4.76. The Morgan fingerprint density at radius 1 is 1.33 bits per heavy atom. The summed E-state index contributed by atoms with van der Waals surface area (Å²) in [6.45, 7) is 4.95. The van der Waals surface area contributed by atoms with Gasteiger partial charge >= 0.3 is 5.97 Å². The molecule has 0 saturated heterocycles. The summed E-state index contributed by atoms with van der Waals surface area (Å²) < 4.78 is 0.786. The van der Waals surface area contributed by atoms with Gasteiger partial charge in [0.2, 0.25) is 11.8 Å². The molecule has 0 aliphatic heterocycles. The molecule has 2 N–H and O–H groups in total. The summed E-state index contributed by atoms with van der Waals surface area (Å²) in [5.41, 5.74) is 1.52. The van der Waals surface area contributed by atoms with Gasteiger partial charge in [0.15, 0.2) is 0 Å². The Morgan fingerprint density at radius 3 is 2.28 bits per heavy atom. The topological polar surface area (TPSA) is 71.7 Å². The normalized spacial score (nSPS) is 23.2. The van der Waals surface area contributed by atoms with Gasteiger partial charge in [-0.25, -0.2) is 4.79 Å². The number of fused-ring (bicyclic) bond motifs is 5. The van der Waals surface area contributed by atoms with E-state index in [0.29, 0.717) is 11.1 Å². The van der Waals surface area contributed by atoms with Crippen LogP contribution in [0.25, 0.3) is 0 Å². The van der Waals surface area contributed by atoms with Crippen LogP contribution in [0.15, 0.2) is 24.3 Å². The van der Waals surface area contributed by atoms with Gasteiger partial charge in [0, 0.05) is 28.5 Å². The summed E-state index contributed by atoms with van der Waals surface area (Å²) in [5, 5.41) is 20.1. The lowest BCUT2D eigenvalue weighted by atomic mass is 10.0. The van der Waals surface area contributed by atoms with Gasteiger partial charge in [0.25, 0.3) is 0 Å². The predicted octanol–water partition coefficient (Wildman–Crippen LogP) is 1.57. The van der Waals surface area contributed by atoms with Gasteiger partial charge in [-0.05, 0) is 13.3 Å². The Morgan fingerprint density at radius 2 is 1.83 bits per heavy atom. The van der Waals surface area contributed by atoms with Gasteiger partial charge in [-0.2, -0.15) is 0 Å². The van der Waals surface area contributed by atoms with Gasteiger partial charge in [0.1, 0.15) is 0 Å². The fourth-order valence-electron chi connectivity index (χ4n) is 2.67. The van der Waals surface area contributed by atoms with E-state index in [4.69, 9.17) is 4.84 Å². The molecule has 0 radical (unpaired) electrons. The summed E-state index contributed by atoms with van der Waals surface area (Å²) in [5.74, 6) is -0.890. The molecule has 1 aromatic rings. The van der Waals surface area contributed by atoms with Crippen LogP contribution in [0.4, 0.5) is 0 Å². The van der Waals surface area contributed by atoms with Crippen molar-refractivity contribution < 1.29 is 19.8 Å². The van der Waals surface area contributed by atoms with Crippen molar-refractivity contribution in [2.75, 3.05) is 0 Å². The second kappa shape index (κ2) is 3.41. The molecule has 18 heavy (non-hydrogen) atoms. The summed E-state index contributed by atoms with van der Waals surface area (Å²) in [6, 6.07) is 0. The zero-order valence-electron chi connectivity index (χ0n) is 9.88. The fourth-order valence-corrected chi connectivity index (χ4v) is 2.67. The van der Waals surface area contributed by atoms with Crippen molar-refractivity contribution in [3.05, 3.63) is 35.4 Å². The summed E-state index contributed by atoms with van der Waals surface area (Å²) in [6.07, 6.45) is 4.86. The molecule has 1 heterocycles. The molecule has 2 aliphatic rings. The van der Waals surface area contributed by atoms with Crippen LogP contribution in [0.2, 0.25) is 0 Å². The minimum atomic E-state index is -0.686. The second-order valence-electron chi connectivity index (χ2n) is 4.76. The molecule has 5 nitrogen and oxygen atoms in total. The Hall–Kier alpha value is -2.17. The molecule has 1 aromatic heterocycles. The largest absolute Gasteiger partial charge is 0.492 e. The van der Waals surface area contributed by atoms with Crippen LogP contribution in [0.1, 0.15) is 36.3 Å². The number of aromatic nitrogens is 1. The van der Waals surface area contributed by atoms with Crippen LogP contribution in [-0.2, 0) is 4.79 Å². The molecule has 0 saturated carbocycles. The van der Waals surface area contributed by atoms with Crippen molar-refractivity contribution in [2.45, 2.75) is 25.2 Å². The first-order valence-electron chi connectivity index (χ1n) is 5.73. The van der Waals surface area contributed by atoms with Crippen LogP contribution < -0.4 is 4.84 Å². The lowest BCUT2D eigenvalue weighted by Crippen LogP contribution is -2.19. The molecular weight excluding hydrogens is 234 g/mol. The minimum Gasteiger partial charge on any atom is -0.492 e. The van der Waals surface area contributed by atoms with E-state index in [1.165, 1.54) is 6.92 Å². The maximum atomic E-state index is 11.4. The molecule has 0 amide bonds. The number of hydrogen-bond donors (Lipinski definition) is 2. The standard InChI is InChI=1S/C13H13NO4/c1-6(2)13(17)18-14-11(15)9-7-3-4-8(5-7)10(9)12(14)16/h3-4,7-8,15-16H,1,5H2,2H3. The SMILES string of the molecule is C=C(C)C(=O)On1c(O)c2c(c1O)C1C=CC2C1. The van der Waals surface area contributed by atoms with Gasteiger partial charge < -0.3 is 15.1 Å². The van der Waals surface area contributed by atoms with Gasteiger partial charge in [-0.15, -0.1) is 4.73 Å². The highest BCUT2D eigenvalue weighted by Crippen LogP contribution is 2.56. The van der Waals surface area contributed by atoms with Crippen molar-refractivity contribution in [1.29, 1.82) is 0 Å². The number of aromatic hydroxyl groups is 2. The molecule has 2 aliphatic carbocycles. The molecule has 0 fully saturated rings. The number of carbonyl (C=O) groups excluding carboxylic acids is 1. The minimum absolute atomic E-state index is 0.0979. The molecule has 94 valence electrons. The van der Waals surface area contributed by atoms with E-state index in [9.17, 15) is 15.0 Å². The zero-order chi connectivity index (χ0) is 13.0. The third kappa shape index (κ3) is 1.24. The highest BCUT2D eigenvalue weighted by molar-refractivity contribution is 5.87. The van der Waals surface area contributed by atoms with Gasteiger partial charge in [0.05, 0.1) is 0 Å². The fraction of sp³-hybridized carbons (Fsp3) is 0.308. The molecule has 2 unspecified atom stereocenters. The predicted molar refractivity (Wildman–Crippen MR) is 63.4 cm³/mol. The van der Waals surface area contributed by atoms with Crippen molar-refractivity contribution >= 4 is 5.97 Å². The molecule has 0 aromatic carbocycles. The smallest absolute Gasteiger partial charge is 0.359 e. The highest BCUT2D eigenvalue weighted by Gasteiger charge is 2.42. The van der Waals surface area contributed by atoms with Crippen LogP contribution >= 0.6 is 0 Å². The third-order valence-corrected chi connectivity index (χ3v) is 3.50. The van der Waals surface area contributed by atoms with E-state index >= 15 is 0 Å². The van der Waals surface area contributed by atoms with Gasteiger partial charge in [-0.1, -0.05) is 18.7 Å². The first-order chi connectivity index (χ1) is 8.50.